The molecular formula is C26H45N3O3. The van der Waals surface area contributed by atoms with Crippen LogP contribution in [0.5, 0.6) is 0 Å². The van der Waals surface area contributed by atoms with Crippen LogP contribution in [0, 0.1) is 0 Å². The van der Waals surface area contributed by atoms with Gasteiger partial charge in [-0.25, -0.2) is 4.79 Å². The second-order valence-corrected chi connectivity index (χ2v) is 9.86. The molecule has 1 rings (SSSR count). The van der Waals surface area contributed by atoms with E-state index in [1.54, 1.807) is 4.90 Å². The first-order valence-corrected chi connectivity index (χ1v) is 12.4. The normalized spacial score (nSPS) is 12.4. The lowest BCUT2D eigenvalue weighted by Crippen LogP contribution is -2.54. The fourth-order valence-corrected chi connectivity index (χ4v) is 3.99. The standard InChI is InChI=1S/C26H45N3O3/c1-5-6-7-8-9-10-11-12-13-17-20-28(24-18-15-14-16-19-24)26(32)27-23(21-25(30)31)22-29(2,3)4/h14-16,18-19,23H,5-13,17,20-22H2,1-4H3,(H-,27,30,31,32). The van der Waals surface area contributed by atoms with E-state index in [0.717, 1.165) is 18.5 Å². The molecule has 0 bridgehead atoms. The lowest BCUT2D eigenvalue weighted by molar-refractivity contribution is -0.871. The number of para-hydroxylation sites is 1. The van der Waals surface area contributed by atoms with Gasteiger partial charge in [0.2, 0.25) is 0 Å². The maximum absolute atomic E-state index is 13.1. The number of nitrogens with one attached hydrogen (secondary N) is 1. The van der Waals surface area contributed by atoms with Gasteiger partial charge >= 0.3 is 6.03 Å². The summed E-state index contributed by atoms with van der Waals surface area (Å²) in [6, 6.07) is 8.87. The van der Waals surface area contributed by atoms with Crippen LogP contribution < -0.4 is 15.3 Å². The third-order valence-electron chi connectivity index (χ3n) is 5.56. The minimum atomic E-state index is -1.15. The van der Waals surface area contributed by atoms with Gasteiger partial charge in [-0.15, -0.1) is 0 Å². The van der Waals surface area contributed by atoms with Crippen molar-refractivity contribution in [1.82, 2.24) is 5.32 Å². The Bertz CT molecular complexity index is 643. The molecule has 182 valence electrons. The fourth-order valence-electron chi connectivity index (χ4n) is 3.99. The molecule has 0 fully saturated rings. The van der Waals surface area contributed by atoms with Gasteiger partial charge in [0, 0.05) is 24.6 Å². The molecule has 0 spiro atoms. The van der Waals surface area contributed by atoms with Crippen molar-refractivity contribution in [2.24, 2.45) is 0 Å². The van der Waals surface area contributed by atoms with Crippen molar-refractivity contribution in [1.29, 1.82) is 0 Å². The van der Waals surface area contributed by atoms with E-state index < -0.39 is 12.0 Å². The number of likely N-dealkylation sites (N-methyl/N-ethyl adjacent to an activating group) is 1. The summed E-state index contributed by atoms with van der Waals surface area (Å²) < 4.78 is 0.558. The maximum Gasteiger partial charge on any atom is 0.322 e. The molecule has 1 aromatic rings. The Morgan fingerprint density at radius 2 is 1.44 bits per heavy atom. The number of anilines is 1. The Balaban J connectivity index is 2.57. The van der Waals surface area contributed by atoms with Gasteiger partial charge < -0.3 is 19.7 Å². The largest absolute Gasteiger partial charge is 0.550 e. The van der Waals surface area contributed by atoms with Gasteiger partial charge in [0.25, 0.3) is 0 Å². The van der Waals surface area contributed by atoms with Gasteiger partial charge in [0.15, 0.2) is 0 Å². The Morgan fingerprint density at radius 1 is 0.906 bits per heavy atom. The number of aliphatic carboxylic acids is 1. The molecule has 32 heavy (non-hydrogen) atoms. The Labute approximate surface area is 195 Å². The summed E-state index contributed by atoms with van der Waals surface area (Å²) in [5.74, 6) is -1.15. The van der Waals surface area contributed by atoms with Crippen LogP contribution in [0.15, 0.2) is 30.3 Å². The van der Waals surface area contributed by atoms with Crippen molar-refractivity contribution in [3.05, 3.63) is 30.3 Å². The zero-order valence-electron chi connectivity index (χ0n) is 20.8. The van der Waals surface area contributed by atoms with Gasteiger partial charge in [-0.3, -0.25) is 4.90 Å². The molecular weight excluding hydrogens is 402 g/mol. The molecule has 0 aliphatic carbocycles. The van der Waals surface area contributed by atoms with E-state index in [-0.39, 0.29) is 12.5 Å². The van der Waals surface area contributed by atoms with Crippen LogP contribution in [0.1, 0.15) is 77.6 Å². The monoisotopic (exact) mass is 447 g/mol. The summed E-state index contributed by atoms with van der Waals surface area (Å²) in [4.78, 5) is 26.1. The lowest BCUT2D eigenvalue weighted by Gasteiger charge is -2.32. The van der Waals surface area contributed by atoms with E-state index in [2.05, 4.69) is 12.2 Å². The maximum atomic E-state index is 13.1. The number of carboxylic acid groups (broad SMARTS) is 1. The third kappa shape index (κ3) is 13.4. The van der Waals surface area contributed by atoms with E-state index >= 15 is 0 Å². The van der Waals surface area contributed by atoms with Gasteiger partial charge in [-0.2, -0.15) is 0 Å². The fraction of sp³-hybridized carbons (Fsp3) is 0.692. The van der Waals surface area contributed by atoms with Crippen molar-refractivity contribution in [2.75, 3.05) is 39.1 Å². The molecule has 0 aliphatic heterocycles. The first kappa shape index (κ1) is 28.0. The van der Waals surface area contributed by atoms with E-state index in [1.807, 2.05) is 51.5 Å². The van der Waals surface area contributed by atoms with E-state index in [0.29, 0.717) is 17.6 Å². The second kappa shape index (κ2) is 15.7. The van der Waals surface area contributed by atoms with Crippen molar-refractivity contribution >= 4 is 17.7 Å². The molecule has 0 heterocycles. The smallest absolute Gasteiger partial charge is 0.322 e. The van der Waals surface area contributed by atoms with E-state index in [1.165, 1.54) is 51.4 Å². The number of hydrogen-bond acceptors (Lipinski definition) is 3. The zero-order chi connectivity index (χ0) is 23.8. The molecule has 1 aromatic carbocycles. The average Bonchev–Trinajstić information content (AvgIpc) is 2.71. The molecule has 0 aromatic heterocycles. The number of carbonyl (C=O) groups is 2. The number of rotatable bonds is 17. The first-order chi connectivity index (χ1) is 15.2. The summed E-state index contributed by atoms with van der Waals surface area (Å²) in [5.41, 5.74) is 0.832. The summed E-state index contributed by atoms with van der Waals surface area (Å²) >= 11 is 0. The Morgan fingerprint density at radius 3 is 1.94 bits per heavy atom. The zero-order valence-corrected chi connectivity index (χ0v) is 20.8. The Kier molecular flexibility index (Phi) is 13.7. The highest BCUT2D eigenvalue weighted by Crippen LogP contribution is 2.16. The Hall–Kier alpha value is -2.08. The highest BCUT2D eigenvalue weighted by Gasteiger charge is 2.24. The molecule has 0 radical (unpaired) electrons. The van der Waals surface area contributed by atoms with Gasteiger partial charge in [0.05, 0.1) is 33.7 Å². The highest BCUT2D eigenvalue weighted by molar-refractivity contribution is 5.92. The number of carboxylic acids is 1. The minimum Gasteiger partial charge on any atom is -0.550 e. The quantitative estimate of drug-likeness (QED) is 0.285. The molecule has 2 amide bonds. The van der Waals surface area contributed by atoms with Crippen molar-refractivity contribution in [3.63, 3.8) is 0 Å². The van der Waals surface area contributed by atoms with E-state index in [9.17, 15) is 14.7 Å². The molecule has 1 N–H and O–H groups in total. The van der Waals surface area contributed by atoms with Crippen LogP contribution in [-0.2, 0) is 4.79 Å². The number of benzene rings is 1. The van der Waals surface area contributed by atoms with Gasteiger partial charge in [0.1, 0.15) is 0 Å². The number of amides is 2. The van der Waals surface area contributed by atoms with Crippen LogP contribution in [0.4, 0.5) is 10.5 Å². The predicted octanol–water partition coefficient (Wildman–Crippen LogP) is 4.34. The first-order valence-electron chi connectivity index (χ1n) is 12.4. The van der Waals surface area contributed by atoms with Crippen molar-refractivity contribution in [3.8, 4) is 0 Å². The van der Waals surface area contributed by atoms with E-state index in [4.69, 9.17) is 0 Å². The van der Waals surface area contributed by atoms with Crippen LogP contribution in [0.2, 0.25) is 0 Å². The topological polar surface area (TPSA) is 72.5 Å². The lowest BCUT2D eigenvalue weighted by atomic mass is 10.1. The van der Waals surface area contributed by atoms with Crippen molar-refractivity contribution in [2.45, 2.75) is 83.6 Å². The molecule has 0 aliphatic rings. The molecule has 0 saturated carbocycles. The van der Waals surface area contributed by atoms with Crippen LogP contribution in [-0.4, -0.2) is 56.8 Å². The number of carbonyl (C=O) groups excluding carboxylic acids is 2. The molecule has 6 heteroatoms. The number of nitrogens with zero attached hydrogens (tertiary/aromatic N) is 2. The summed E-state index contributed by atoms with van der Waals surface area (Å²) in [7, 11) is 5.94. The molecule has 6 nitrogen and oxygen atoms in total. The van der Waals surface area contributed by atoms with Crippen LogP contribution in [0.25, 0.3) is 0 Å². The van der Waals surface area contributed by atoms with Crippen LogP contribution in [0.3, 0.4) is 0 Å². The number of urea groups is 1. The molecule has 1 atom stereocenters. The van der Waals surface area contributed by atoms with Gasteiger partial charge in [-0.05, 0) is 18.6 Å². The second-order valence-electron chi connectivity index (χ2n) is 9.86. The van der Waals surface area contributed by atoms with Crippen molar-refractivity contribution < 1.29 is 19.2 Å². The SMILES string of the molecule is CCCCCCCCCCCCN(C(=O)NC(CC(=O)[O-])C[N+](C)(C)C)c1ccccc1. The van der Waals surface area contributed by atoms with Crippen LogP contribution >= 0.6 is 0 Å². The number of quaternary nitrogens is 1. The van der Waals surface area contributed by atoms with Gasteiger partial charge in [-0.1, -0.05) is 82.9 Å². The predicted molar refractivity (Wildman–Crippen MR) is 130 cm³/mol. The number of hydrogen-bond donors (Lipinski definition) is 1. The number of unbranched alkanes of at least 4 members (excludes halogenated alkanes) is 9. The minimum absolute atomic E-state index is 0.192. The third-order valence-corrected chi connectivity index (χ3v) is 5.56. The summed E-state index contributed by atoms with van der Waals surface area (Å²) in [6.45, 7) is 3.38. The summed E-state index contributed by atoms with van der Waals surface area (Å²) in [5, 5.41) is 14.1. The highest BCUT2D eigenvalue weighted by atomic mass is 16.4. The average molecular weight is 448 g/mol. The molecule has 0 saturated heterocycles. The summed E-state index contributed by atoms with van der Waals surface area (Å²) in [6.07, 6.45) is 12.2. The molecule has 1 unspecified atom stereocenters.